The fraction of sp³-hybridized carbons (Fsp3) is 0.500. The van der Waals surface area contributed by atoms with Crippen LogP contribution < -0.4 is 5.32 Å². The lowest BCUT2D eigenvalue weighted by Crippen LogP contribution is -2.40. The molecule has 0 aliphatic carbocycles. The van der Waals surface area contributed by atoms with Gasteiger partial charge in [0.1, 0.15) is 0 Å². The molecule has 0 radical (unpaired) electrons. The zero-order valence-corrected chi connectivity index (χ0v) is 11.8. The monoisotopic (exact) mass is 260 g/mol. The van der Waals surface area contributed by atoms with Crippen molar-refractivity contribution in [2.45, 2.75) is 12.5 Å². The van der Waals surface area contributed by atoms with Gasteiger partial charge in [-0.2, -0.15) is 0 Å². The molecule has 0 saturated heterocycles. The Morgan fingerprint density at radius 2 is 2.32 bits per heavy atom. The first-order chi connectivity index (χ1) is 9.35. The van der Waals surface area contributed by atoms with E-state index in [9.17, 15) is 0 Å². The average molecular weight is 260 g/mol. The summed E-state index contributed by atoms with van der Waals surface area (Å²) in [6.45, 7) is 8.53. The highest BCUT2D eigenvalue weighted by Crippen LogP contribution is 2.23. The number of methoxy groups -OCH3 is 1. The Morgan fingerprint density at radius 1 is 1.47 bits per heavy atom. The van der Waals surface area contributed by atoms with Crippen molar-refractivity contribution in [3.05, 3.63) is 48.0 Å². The van der Waals surface area contributed by atoms with E-state index in [0.717, 1.165) is 39.2 Å². The van der Waals surface area contributed by atoms with Gasteiger partial charge in [-0.05, 0) is 24.1 Å². The van der Waals surface area contributed by atoms with Crippen molar-refractivity contribution in [1.29, 1.82) is 0 Å². The first-order valence-electron chi connectivity index (χ1n) is 6.98. The second-order valence-corrected chi connectivity index (χ2v) is 5.00. The molecule has 1 unspecified atom stereocenters. The van der Waals surface area contributed by atoms with Gasteiger partial charge in [0.05, 0.1) is 6.61 Å². The van der Waals surface area contributed by atoms with E-state index in [1.54, 1.807) is 7.11 Å². The van der Waals surface area contributed by atoms with E-state index in [1.807, 2.05) is 6.08 Å². The van der Waals surface area contributed by atoms with Crippen LogP contribution in [-0.4, -0.2) is 44.8 Å². The predicted octanol–water partition coefficient (Wildman–Crippen LogP) is 2.01. The van der Waals surface area contributed by atoms with Crippen molar-refractivity contribution < 1.29 is 4.74 Å². The number of fused-ring (bicyclic) bond motifs is 1. The van der Waals surface area contributed by atoms with Gasteiger partial charge in [-0.1, -0.05) is 30.3 Å². The molecule has 0 spiro atoms. The highest BCUT2D eigenvalue weighted by atomic mass is 16.5. The van der Waals surface area contributed by atoms with E-state index in [4.69, 9.17) is 4.74 Å². The van der Waals surface area contributed by atoms with Gasteiger partial charge in [0.15, 0.2) is 0 Å². The number of benzene rings is 1. The molecule has 1 N–H and O–H groups in total. The molecule has 104 valence electrons. The van der Waals surface area contributed by atoms with Gasteiger partial charge in [0.2, 0.25) is 0 Å². The molecule has 1 aliphatic rings. The van der Waals surface area contributed by atoms with Crippen LogP contribution in [0, 0.1) is 0 Å². The highest BCUT2D eigenvalue weighted by Gasteiger charge is 2.21. The summed E-state index contributed by atoms with van der Waals surface area (Å²) in [5, 5.41) is 3.62. The van der Waals surface area contributed by atoms with Crippen LogP contribution in [0.1, 0.15) is 17.2 Å². The molecule has 1 aliphatic heterocycles. The number of nitrogens with zero attached hydrogens (tertiary/aromatic N) is 1. The van der Waals surface area contributed by atoms with Gasteiger partial charge in [-0.25, -0.2) is 0 Å². The van der Waals surface area contributed by atoms with E-state index >= 15 is 0 Å². The molecule has 3 heteroatoms. The standard InChI is InChI=1S/C16H24N2O/c1-3-10-18(11-12-19-2)13-16-15-7-5-4-6-14(15)8-9-17-16/h3-7,16-17H,1,8-13H2,2H3. The quantitative estimate of drug-likeness (QED) is 0.759. The molecule has 19 heavy (non-hydrogen) atoms. The Bertz CT molecular complexity index is 405. The first-order valence-corrected chi connectivity index (χ1v) is 6.98. The third-order valence-corrected chi connectivity index (χ3v) is 3.66. The van der Waals surface area contributed by atoms with Crippen LogP contribution in [-0.2, 0) is 11.2 Å². The summed E-state index contributed by atoms with van der Waals surface area (Å²) >= 11 is 0. The maximum atomic E-state index is 5.18. The summed E-state index contributed by atoms with van der Waals surface area (Å²) in [7, 11) is 1.75. The Morgan fingerprint density at radius 3 is 3.11 bits per heavy atom. The Hall–Kier alpha value is -1.16. The molecule has 1 atom stereocenters. The van der Waals surface area contributed by atoms with E-state index in [1.165, 1.54) is 11.1 Å². The molecule has 0 aromatic heterocycles. The largest absolute Gasteiger partial charge is 0.383 e. The first kappa shape index (κ1) is 14.3. The summed E-state index contributed by atoms with van der Waals surface area (Å²) in [6, 6.07) is 9.17. The van der Waals surface area contributed by atoms with Gasteiger partial charge in [-0.15, -0.1) is 6.58 Å². The Balaban J connectivity index is 2.03. The zero-order valence-electron chi connectivity index (χ0n) is 11.8. The van der Waals surface area contributed by atoms with Crippen LogP contribution in [0.2, 0.25) is 0 Å². The van der Waals surface area contributed by atoms with Crippen LogP contribution in [0.25, 0.3) is 0 Å². The number of hydrogen-bond donors (Lipinski definition) is 1. The maximum Gasteiger partial charge on any atom is 0.0589 e. The maximum absolute atomic E-state index is 5.18. The topological polar surface area (TPSA) is 24.5 Å². The SMILES string of the molecule is C=CCN(CCOC)CC1NCCc2ccccc21. The minimum atomic E-state index is 0.418. The minimum Gasteiger partial charge on any atom is -0.383 e. The summed E-state index contributed by atoms with van der Waals surface area (Å²) in [5.74, 6) is 0. The Kier molecular flexibility index (Phi) is 5.58. The summed E-state index contributed by atoms with van der Waals surface area (Å²) in [4.78, 5) is 2.39. The fourth-order valence-corrected chi connectivity index (χ4v) is 2.67. The molecule has 0 saturated carbocycles. The van der Waals surface area contributed by atoms with Gasteiger partial charge in [-0.3, -0.25) is 4.90 Å². The molecule has 1 aromatic carbocycles. The van der Waals surface area contributed by atoms with E-state index < -0.39 is 0 Å². The zero-order chi connectivity index (χ0) is 13.5. The average Bonchev–Trinajstić information content (AvgIpc) is 2.45. The number of ether oxygens (including phenoxy) is 1. The minimum absolute atomic E-state index is 0.418. The van der Waals surface area contributed by atoms with Crippen LogP contribution in [0.3, 0.4) is 0 Å². The normalized spacial score (nSPS) is 18.3. The van der Waals surface area contributed by atoms with Crippen molar-refractivity contribution in [2.75, 3.05) is 39.9 Å². The molecule has 1 heterocycles. The molecule has 1 aromatic rings. The molecule has 3 nitrogen and oxygen atoms in total. The van der Waals surface area contributed by atoms with Gasteiger partial charge >= 0.3 is 0 Å². The van der Waals surface area contributed by atoms with Gasteiger partial charge in [0, 0.05) is 32.8 Å². The van der Waals surface area contributed by atoms with Crippen molar-refractivity contribution in [2.24, 2.45) is 0 Å². The lowest BCUT2D eigenvalue weighted by atomic mass is 9.94. The number of hydrogen-bond acceptors (Lipinski definition) is 3. The van der Waals surface area contributed by atoms with Crippen LogP contribution in [0.5, 0.6) is 0 Å². The van der Waals surface area contributed by atoms with Crippen LogP contribution >= 0.6 is 0 Å². The lowest BCUT2D eigenvalue weighted by Gasteiger charge is -2.31. The number of nitrogens with one attached hydrogen (secondary N) is 1. The lowest BCUT2D eigenvalue weighted by molar-refractivity contribution is 0.147. The van der Waals surface area contributed by atoms with E-state index in [0.29, 0.717) is 6.04 Å². The van der Waals surface area contributed by atoms with Gasteiger partial charge < -0.3 is 10.1 Å². The van der Waals surface area contributed by atoms with Crippen molar-refractivity contribution in [3.8, 4) is 0 Å². The highest BCUT2D eigenvalue weighted by molar-refractivity contribution is 5.32. The summed E-state index contributed by atoms with van der Waals surface area (Å²) < 4.78 is 5.18. The van der Waals surface area contributed by atoms with Crippen LogP contribution in [0.15, 0.2) is 36.9 Å². The van der Waals surface area contributed by atoms with E-state index in [2.05, 4.69) is 41.1 Å². The molecule has 0 bridgehead atoms. The van der Waals surface area contributed by atoms with Gasteiger partial charge in [0.25, 0.3) is 0 Å². The molecule has 0 fully saturated rings. The Labute approximate surface area is 116 Å². The van der Waals surface area contributed by atoms with Crippen LogP contribution in [0.4, 0.5) is 0 Å². The van der Waals surface area contributed by atoms with E-state index in [-0.39, 0.29) is 0 Å². The second-order valence-electron chi connectivity index (χ2n) is 5.00. The summed E-state index contributed by atoms with van der Waals surface area (Å²) in [6.07, 6.45) is 3.09. The van der Waals surface area contributed by atoms with Crippen molar-refractivity contribution in [1.82, 2.24) is 10.2 Å². The summed E-state index contributed by atoms with van der Waals surface area (Å²) in [5.41, 5.74) is 2.93. The molecular formula is C16H24N2O. The smallest absolute Gasteiger partial charge is 0.0589 e. The predicted molar refractivity (Wildman–Crippen MR) is 79.4 cm³/mol. The molecule has 2 rings (SSSR count). The molecule has 0 amide bonds. The fourth-order valence-electron chi connectivity index (χ4n) is 2.67. The third-order valence-electron chi connectivity index (χ3n) is 3.66. The second kappa shape index (κ2) is 7.43. The number of rotatable bonds is 7. The third kappa shape index (κ3) is 3.90. The molecular weight excluding hydrogens is 236 g/mol. The van der Waals surface area contributed by atoms with Crippen molar-refractivity contribution >= 4 is 0 Å². The van der Waals surface area contributed by atoms with Crippen molar-refractivity contribution in [3.63, 3.8) is 0 Å².